The third-order valence-corrected chi connectivity index (χ3v) is 10.6. The zero-order valence-electron chi connectivity index (χ0n) is 22.9. The predicted octanol–water partition coefficient (Wildman–Crippen LogP) is 3.67. The molecule has 0 radical (unpaired) electrons. The fourth-order valence-corrected chi connectivity index (χ4v) is 8.20. The van der Waals surface area contributed by atoms with Gasteiger partial charge < -0.3 is 21.1 Å². The molecule has 1 heterocycles. The second kappa shape index (κ2) is 11.9. The van der Waals surface area contributed by atoms with Crippen LogP contribution in [0.2, 0.25) is 0 Å². The summed E-state index contributed by atoms with van der Waals surface area (Å²) in [5.74, 6) is 0.585. The predicted molar refractivity (Wildman–Crippen MR) is 156 cm³/mol. The number of sulfonamides is 1. The second-order valence-electron chi connectivity index (χ2n) is 11.5. The number of aliphatic hydroxyl groups excluding tert-OH is 1. The van der Waals surface area contributed by atoms with Gasteiger partial charge in [0.05, 0.1) is 23.6 Å². The van der Waals surface area contributed by atoms with Crippen molar-refractivity contribution in [2.45, 2.75) is 76.0 Å². The molecule has 2 aromatic carbocycles. The van der Waals surface area contributed by atoms with E-state index in [9.17, 15) is 18.3 Å². The number of hydrogen-bond donors (Lipinski definition) is 4. The number of fused-ring (bicyclic) bond motifs is 2. The molecule has 2 atom stereocenters. The van der Waals surface area contributed by atoms with Crippen LogP contribution in [0.15, 0.2) is 48.5 Å². The number of nitrogens with one attached hydrogen (secondary N) is 3. The van der Waals surface area contributed by atoms with Gasteiger partial charge in [-0.1, -0.05) is 30.3 Å². The smallest absolute Gasteiger partial charge is 0.251 e. The summed E-state index contributed by atoms with van der Waals surface area (Å²) in [6.07, 6.45) is 7.14. The number of hydrogen-bond acceptors (Lipinski definition) is 6. The number of aliphatic hydroxyl groups is 1. The van der Waals surface area contributed by atoms with Crippen LogP contribution in [-0.2, 0) is 16.4 Å². The van der Waals surface area contributed by atoms with Crippen LogP contribution >= 0.6 is 0 Å². The summed E-state index contributed by atoms with van der Waals surface area (Å²) < 4.78 is 27.0. The molecule has 2 aromatic rings. The van der Waals surface area contributed by atoms with E-state index >= 15 is 0 Å². The molecule has 212 valence electrons. The van der Waals surface area contributed by atoms with Crippen LogP contribution in [-0.4, -0.2) is 62.5 Å². The Morgan fingerprint density at radius 1 is 1.13 bits per heavy atom. The molecule has 4 N–H and O–H groups in total. The Morgan fingerprint density at radius 3 is 2.56 bits per heavy atom. The zero-order valence-corrected chi connectivity index (χ0v) is 23.7. The number of nitrogens with zero attached hydrogens (tertiary/aromatic N) is 1. The molecule has 0 spiro atoms. The molecule has 1 saturated heterocycles. The highest BCUT2D eigenvalue weighted by Gasteiger charge is 2.44. The van der Waals surface area contributed by atoms with Gasteiger partial charge in [0.25, 0.3) is 5.91 Å². The Hall–Kier alpha value is -2.62. The maximum absolute atomic E-state index is 13.7. The number of anilines is 2. The Kier molecular flexibility index (Phi) is 8.49. The highest BCUT2D eigenvalue weighted by atomic mass is 32.2. The van der Waals surface area contributed by atoms with E-state index in [0.29, 0.717) is 49.4 Å². The van der Waals surface area contributed by atoms with Crippen LogP contribution in [0.25, 0.3) is 0 Å². The molecule has 3 fully saturated rings. The minimum absolute atomic E-state index is 0.112. The lowest BCUT2D eigenvalue weighted by Crippen LogP contribution is -2.52. The lowest BCUT2D eigenvalue weighted by atomic mass is 9.93. The molecular formula is C30H42N4O4S. The van der Waals surface area contributed by atoms with Crippen molar-refractivity contribution >= 4 is 27.3 Å². The summed E-state index contributed by atoms with van der Waals surface area (Å²) in [5.41, 5.74) is 2.72. The van der Waals surface area contributed by atoms with Crippen molar-refractivity contribution < 1.29 is 18.3 Å². The maximum atomic E-state index is 13.7. The van der Waals surface area contributed by atoms with Gasteiger partial charge in [-0.15, -0.1) is 0 Å². The number of β-amino-alcohol motifs (C(OH)–C–C–N with tert-alkyl or cyclic N) is 1. The Bertz CT molecular complexity index is 1240. The molecule has 2 saturated carbocycles. The lowest BCUT2D eigenvalue weighted by Gasteiger charge is -2.32. The molecule has 39 heavy (non-hydrogen) atoms. The van der Waals surface area contributed by atoms with Gasteiger partial charge in [-0.25, -0.2) is 8.42 Å². The normalized spacial score (nSPS) is 25.3. The first-order valence-electron chi connectivity index (χ1n) is 14.4. The van der Waals surface area contributed by atoms with Crippen LogP contribution in [0.1, 0.15) is 67.8 Å². The van der Waals surface area contributed by atoms with Crippen molar-refractivity contribution in [3.63, 3.8) is 0 Å². The summed E-state index contributed by atoms with van der Waals surface area (Å²) >= 11 is 0. The molecule has 2 aliphatic carbocycles. The molecule has 3 aliphatic rings. The molecule has 0 unspecified atom stereocenters. The molecule has 8 nitrogen and oxygen atoms in total. The van der Waals surface area contributed by atoms with E-state index in [2.05, 4.69) is 16.0 Å². The average molecular weight is 555 g/mol. The van der Waals surface area contributed by atoms with Crippen LogP contribution in [0.5, 0.6) is 0 Å². The van der Waals surface area contributed by atoms with Crippen LogP contribution in [0.4, 0.5) is 11.4 Å². The Labute approximate surface area is 232 Å². The van der Waals surface area contributed by atoms with Crippen molar-refractivity contribution in [3.05, 3.63) is 59.7 Å². The van der Waals surface area contributed by atoms with Gasteiger partial charge in [-0.3, -0.25) is 9.10 Å². The number of amides is 1. The zero-order chi connectivity index (χ0) is 27.5. The summed E-state index contributed by atoms with van der Waals surface area (Å²) in [4.78, 5) is 13.7. The van der Waals surface area contributed by atoms with Crippen molar-refractivity contribution in [1.82, 2.24) is 10.6 Å². The monoisotopic (exact) mass is 554 g/mol. The summed E-state index contributed by atoms with van der Waals surface area (Å²) in [7, 11) is -3.42. The number of benzene rings is 2. The van der Waals surface area contributed by atoms with Gasteiger partial charge in [0, 0.05) is 36.4 Å². The third kappa shape index (κ3) is 6.58. The summed E-state index contributed by atoms with van der Waals surface area (Å²) in [5, 5.41) is 21.3. The van der Waals surface area contributed by atoms with Crippen molar-refractivity contribution in [2.75, 3.05) is 35.0 Å². The van der Waals surface area contributed by atoms with E-state index < -0.39 is 22.2 Å². The first kappa shape index (κ1) is 27.9. The van der Waals surface area contributed by atoms with E-state index in [-0.39, 0.29) is 17.2 Å². The van der Waals surface area contributed by atoms with E-state index in [1.54, 1.807) is 18.2 Å². The first-order valence-corrected chi connectivity index (χ1v) is 16.1. The molecule has 1 amide bonds. The first-order chi connectivity index (χ1) is 18.8. The van der Waals surface area contributed by atoms with E-state index in [1.807, 2.05) is 37.3 Å². The number of carbonyl (C=O) groups excluding carboxylic acids is 1. The van der Waals surface area contributed by atoms with Gasteiger partial charge in [0.1, 0.15) is 0 Å². The fraction of sp³-hybridized carbons (Fsp3) is 0.567. The fourth-order valence-electron chi connectivity index (χ4n) is 6.58. The summed E-state index contributed by atoms with van der Waals surface area (Å²) in [6, 6.07) is 14.6. The van der Waals surface area contributed by atoms with E-state index in [1.165, 1.54) is 23.6 Å². The van der Waals surface area contributed by atoms with Crippen molar-refractivity contribution in [2.24, 2.45) is 5.92 Å². The number of rotatable bonds is 11. The van der Waals surface area contributed by atoms with Gasteiger partial charge in [-0.2, -0.15) is 0 Å². The molecule has 5 rings (SSSR count). The number of carbonyl (C=O) groups is 1. The molecular weight excluding hydrogens is 512 g/mol. The van der Waals surface area contributed by atoms with Crippen LogP contribution in [0.3, 0.4) is 0 Å². The molecule has 1 aliphatic heterocycles. The maximum Gasteiger partial charge on any atom is 0.251 e. The summed E-state index contributed by atoms with van der Waals surface area (Å²) in [6.45, 7) is 3.42. The van der Waals surface area contributed by atoms with E-state index in [0.717, 1.165) is 30.7 Å². The standard InChI is InChI=1S/C30H42N4O4S/c1-2-31-25-17-24(18-26(19-25)34-14-6-7-15-39(34,37)38)29(36)33-27(16-22-8-4-3-5-9-22)28(35)21-32-30-12-10-23(20-30)11-13-30/h3-5,8-9,17-19,23,27-28,31-32,35H,2,6-7,10-16,20-21H2,1H3,(H,33,36)/t23?,27-,28-,30?/m1/s1. The van der Waals surface area contributed by atoms with Gasteiger partial charge in [0.15, 0.2) is 0 Å². The quantitative estimate of drug-likeness (QED) is 0.337. The SMILES string of the molecule is CCNc1cc(C(=O)N[C@H](Cc2ccccc2)[C@H](O)CNC23CCC(CC2)C3)cc(N2CCCCS2(=O)=O)c1. The average Bonchev–Trinajstić information content (AvgIpc) is 3.53. The second-order valence-corrected chi connectivity index (χ2v) is 13.6. The van der Waals surface area contributed by atoms with Crippen molar-refractivity contribution in [1.29, 1.82) is 0 Å². The van der Waals surface area contributed by atoms with Gasteiger partial charge >= 0.3 is 0 Å². The lowest BCUT2D eigenvalue weighted by molar-refractivity contribution is 0.0808. The Morgan fingerprint density at radius 2 is 1.90 bits per heavy atom. The van der Waals surface area contributed by atoms with E-state index in [4.69, 9.17) is 0 Å². The molecule has 2 bridgehead atoms. The highest BCUT2D eigenvalue weighted by molar-refractivity contribution is 7.92. The minimum Gasteiger partial charge on any atom is -0.390 e. The highest BCUT2D eigenvalue weighted by Crippen LogP contribution is 2.47. The van der Waals surface area contributed by atoms with Gasteiger partial charge in [-0.05, 0) is 88.0 Å². The van der Waals surface area contributed by atoms with Crippen LogP contribution < -0.4 is 20.3 Å². The Balaban J connectivity index is 1.36. The van der Waals surface area contributed by atoms with Crippen LogP contribution in [0, 0.1) is 5.92 Å². The topological polar surface area (TPSA) is 111 Å². The third-order valence-electron chi connectivity index (χ3n) is 8.71. The van der Waals surface area contributed by atoms with Crippen molar-refractivity contribution in [3.8, 4) is 0 Å². The largest absolute Gasteiger partial charge is 0.390 e. The molecule has 0 aromatic heterocycles. The van der Waals surface area contributed by atoms with Gasteiger partial charge in [0.2, 0.25) is 10.0 Å². The minimum atomic E-state index is -3.42. The molecule has 9 heteroatoms.